The summed E-state index contributed by atoms with van der Waals surface area (Å²) in [6.07, 6.45) is 19.9. The molecule has 4 aliphatic heterocycles. The summed E-state index contributed by atoms with van der Waals surface area (Å²) in [6.45, 7) is 13.4. The Bertz CT molecular complexity index is 3260. The van der Waals surface area contributed by atoms with Crippen LogP contribution >= 0.6 is 11.3 Å². The van der Waals surface area contributed by atoms with Crippen molar-refractivity contribution in [1.29, 1.82) is 0 Å². The van der Waals surface area contributed by atoms with Crippen molar-refractivity contribution in [3.8, 4) is 35.4 Å². The number of allylic oxidation sites excluding steroid dienone is 3. The van der Waals surface area contributed by atoms with Crippen LogP contribution in [0.3, 0.4) is 0 Å². The number of aromatic nitrogens is 4. The number of piperazine rings is 2. The number of likely N-dealkylation sites (tertiary alicyclic amines) is 1. The first-order valence-electron chi connectivity index (χ1n) is 28.1. The van der Waals surface area contributed by atoms with Crippen LogP contribution in [0.1, 0.15) is 101 Å². The molecule has 1 aliphatic carbocycles. The van der Waals surface area contributed by atoms with Gasteiger partial charge in [-0.05, 0) is 98.8 Å². The number of nitrogens with one attached hydrogen (secondary N) is 3. The molecule has 17 nitrogen and oxygen atoms in total. The number of thiazole rings is 1. The fourth-order valence-corrected chi connectivity index (χ4v) is 12.7. The number of fused-ring (bicyclic) bond motifs is 4. The number of benzene rings is 2. The van der Waals surface area contributed by atoms with Crippen molar-refractivity contribution in [3.63, 3.8) is 0 Å². The second-order valence-corrected chi connectivity index (χ2v) is 23.8. The standard InChI is InChI=1S/C60H71F2N11O6S/c1-6-43-46(61)21-18-39-29-42(74)30-44(50(39)43)52-51(62)53-45(32-63-52)56(72-33-40-19-20-41(34-72)66-40)69-59(68-53)79-28-10-22-70-24-26-71(27-25-70)49(76)13-8-7-12-48(75)67-55(60(3,4)5)58(78)73-23-9-11-47(73)57(77)64-31-37-14-16-38(17-15-37)54-36(2)65-35-80-54/h1,14,16-18,21,29-30,32,35,37,40-41,47,55,66,74H,7-13,15,19-20,22-28,31,33-34H2,2-5H3,(H,64,77)(H,67,75)/t37?,40?,41?,47-,55+/m0/s1. The van der Waals surface area contributed by atoms with Crippen molar-refractivity contribution >= 4 is 68.0 Å². The maximum Gasteiger partial charge on any atom is 0.319 e. The van der Waals surface area contributed by atoms with Gasteiger partial charge in [-0.15, -0.1) is 17.8 Å². The number of unbranched alkanes of at least 4 members (excludes halogenated alkanes) is 1. The van der Waals surface area contributed by atoms with Crippen LogP contribution in [0, 0.1) is 42.2 Å². The second-order valence-electron chi connectivity index (χ2n) is 22.9. The zero-order valence-corrected chi connectivity index (χ0v) is 46.8. The van der Waals surface area contributed by atoms with Gasteiger partial charge < -0.3 is 40.5 Å². The van der Waals surface area contributed by atoms with Gasteiger partial charge in [-0.2, -0.15) is 9.97 Å². The van der Waals surface area contributed by atoms with Gasteiger partial charge in [0.25, 0.3) is 0 Å². The molecule has 422 valence electrons. The van der Waals surface area contributed by atoms with Gasteiger partial charge in [0.15, 0.2) is 5.82 Å². The smallest absolute Gasteiger partial charge is 0.319 e. The number of hydrogen-bond donors (Lipinski definition) is 4. The van der Waals surface area contributed by atoms with Crippen molar-refractivity contribution in [1.82, 2.24) is 50.6 Å². The van der Waals surface area contributed by atoms with Crippen LogP contribution in [0.2, 0.25) is 0 Å². The summed E-state index contributed by atoms with van der Waals surface area (Å²) in [4.78, 5) is 81.7. The largest absolute Gasteiger partial charge is 0.508 e. The topological polar surface area (TPSA) is 198 Å². The van der Waals surface area contributed by atoms with Gasteiger partial charge in [0.2, 0.25) is 23.6 Å². The lowest BCUT2D eigenvalue weighted by molar-refractivity contribution is -0.143. The number of anilines is 1. The number of pyridine rings is 1. The monoisotopic (exact) mass is 1110 g/mol. The van der Waals surface area contributed by atoms with E-state index in [9.17, 15) is 24.3 Å². The van der Waals surface area contributed by atoms with Crippen LogP contribution in [-0.4, -0.2) is 153 Å². The highest BCUT2D eigenvalue weighted by Crippen LogP contribution is 2.40. The van der Waals surface area contributed by atoms with Crippen LogP contribution in [0.15, 0.2) is 54.2 Å². The molecule has 5 aliphatic rings. The highest BCUT2D eigenvalue weighted by atomic mass is 32.1. The molecule has 5 atom stereocenters. The van der Waals surface area contributed by atoms with E-state index in [1.165, 1.54) is 30.5 Å². The van der Waals surface area contributed by atoms with Crippen LogP contribution in [0.4, 0.5) is 14.6 Å². The number of phenolic OH excluding ortho intramolecular Hbond substituents is 1. The Hall–Kier alpha value is -7.08. The van der Waals surface area contributed by atoms with Gasteiger partial charge in [0.1, 0.15) is 40.7 Å². The number of nitrogens with zero attached hydrogens (tertiary/aromatic N) is 8. The molecule has 4 saturated heterocycles. The van der Waals surface area contributed by atoms with Gasteiger partial charge in [-0.3, -0.25) is 29.1 Å². The van der Waals surface area contributed by atoms with E-state index in [2.05, 4.69) is 64.9 Å². The molecule has 20 heteroatoms. The predicted molar refractivity (Wildman–Crippen MR) is 305 cm³/mol. The molecule has 0 saturated carbocycles. The van der Waals surface area contributed by atoms with Gasteiger partial charge in [0, 0.05) is 101 Å². The second kappa shape index (κ2) is 24.3. The van der Waals surface area contributed by atoms with E-state index in [4.69, 9.17) is 16.1 Å². The first kappa shape index (κ1) is 56.2. The first-order valence-corrected chi connectivity index (χ1v) is 29.0. The van der Waals surface area contributed by atoms with Gasteiger partial charge >= 0.3 is 6.01 Å². The molecule has 2 aromatic carbocycles. The van der Waals surface area contributed by atoms with E-state index < -0.39 is 29.1 Å². The number of phenols is 1. The number of terminal acetylenes is 1. The fourth-order valence-electron chi connectivity index (χ4n) is 11.9. The summed E-state index contributed by atoms with van der Waals surface area (Å²) in [5.41, 5.74) is 3.30. The molecule has 3 unspecified atom stereocenters. The molecule has 3 aromatic heterocycles. The number of aryl methyl sites for hydroxylation is 1. The summed E-state index contributed by atoms with van der Waals surface area (Å²) in [5, 5.41) is 21.5. The highest BCUT2D eigenvalue weighted by Gasteiger charge is 2.42. The Morgan fingerprint density at radius 1 is 0.988 bits per heavy atom. The van der Waals surface area contributed by atoms with E-state index in [-0.39, 0.29) is 94.1 Å². The Morgan fingerprint density at radius 3 is 2.48 bits per heavy atom. The van der Waals surface area contributed by atoms with E-state index >= 15 is 8.78 Å². The zero-order valence-electron chi connectivity index (χ0n) is 46.0. The normalized spacial score (nSPS) is 20.7. The van der Waals surface area contributed by atoms with Crippen LogP contribution in [-0.2, 0) is 19.2 Å². The van der Waals surface area contributed by atoms with E-state index in [0.717, 1.165) is 35.4 Å². The lowest BCUT2D eigenvalue weighted by Crippen LogP contribution is -2.57. The molecule has 80 heavy (non-hydrogen) atoms. The Kier molecular flexibility index (Phi) is 17.1. The van der Waals surface area contributed by atoms with E-state index in [1.807, 2.05) is 38.1 Å². The highest BCUT2D eigenvalue weighted by molar-refractivity contribution is 7.11. The number of carbonyl (C=O) groups excluding carboxylic acids is 4. The minimum Gasteiger partial charge on any atom is -0.508 e. The molecule has 0 radical (unpaired) electrons. The molecule has 2 bridgehead atoms. The third kappa shape index (κ3) is 12.4. The molecular formula is C60H71F2N11O6S. The summed E-state index contributed by atoms with van der Waals surface area (Å²) in [7, 11) is 0. The SMILES string of the molecule is C#Cc1c(F)ccc2cc(O)cc(-c3ncc4c(N5CC6CCC(C5)N6)nc(OCCCN5CCN(C(=O)CCCCC(=O)N[C@H](C(=O)N6CCC[C@H]6C(=O)NCC6C=CC(c7scnc7C)=CC6)C(C)(C)C)CC5)nc4c3F)c12. The van der Waals surface area contributed by atoms with Gasteiger partial charge in [-0.1, -0.05) is 51.0 Å². The Balaban J connectivity index is 0.677. The number of rotatable bonds is 18. The summed E-state index contributed by atoms with van der Waals surface area (Å²) < 4.78 is 38.2. The van der Waals surface area contributed by atoms with Gasteiger partial charge in [0.05, 0.1) is 33.6 Å². The zero-order chi connectivity index (χ0) is 56.2. The molecule has 10 rings (SSSR count). The van der Waals surface area contributed by atoms with Crippen LogP contribution in [0.25, 0.3) is 38.5 Å². The van der Waals surface area contributed by atoms with Crippen molar-refractivity contribution < 1.29 is 37.8 Å². The molecule has 4 amide bonds. The quantitative estimate of drug-likeness (QED) is 0.0505. The number of halogens is 2. The number of hydrogen-bond acceptors (Lipinski definition) is 14. The maximum absolute atomic E-state index is 17.0. The van der Waals surface area contributed by atoms with Crippen molar-refractivity contribution in [2.45, 2.75) is 116 Å². The molecule has 4 N–H and O–H groups in total. The fraction of sp³-hybridized carbons (Fsp3) is 0.500. The minimum atomic E-state index is -0.820. The van der Waals surface area contributed by atoms with Crippen molar-refractivity contribution in [2.24, 2.45) is 11.3 Å². The Morgan fingerprint density at radius 2 is 1.76 bits per heavy atom. The molecule has 5 aromatic rings. The van der Waals surface area contributed by atoms with Crippen LogP contribution in [0.5, 0.6) is 11.8 Å². The summed E-state index contributed by atoms with van der Waals surface area (Å²) >= 11 is 1.62. The third-order valence-corrected chi connectivity index (χ3v) is 17.2. The molecule has 7 heterocycles. The van der Waals surface area contributed by atoms with E-state index in [0.29, 0.717) is 114 Å². The lowest BCUT2D eigenvalue weighted by Gasteiger charge is -2.35. The maximum atomic E-state index is 17.0. The predicted octanol–water partition coefficient (Wildman–Crippen LogP) is 7.29. The first-order chi connectivity index (χ1) is 38.5. The third-order valence-electron chi connectivity index (χ3n) is 16.2. The molecule has 4 fully saturated rings. The minimum absolute atomic E-state index is 0.0109. The molecular weight excluding hydrogens is 1040 g/mol. The van der Waals surface area contributed by atoms with Crippen LogP contribution < -0.4 is 25.6 Å². The lowest BCUT2D eigenvalue weighted by atomic mass is 9.85. The average Bonchev–Trinajstić information content (AvgIpc) is 4.23. The summed E-state index contributed by atoms with van der Waals surface area (Å²) in [6, 6.07) is 4.57. The summed E-state index contributed by atoms with van der Waals surface area (Å²) in [5.74, 6) is 0.799. The van der Waals surface area contributed by atoms with Crippen molar-refractivity contribution in [2.75, 3.05) is 70.4 Å². The Labute approximate surface area is 469 Å². The molecule has 0 spiro atoms. The van der Waals surface area contributed by atoms with E-state index in [1.54, 1.807) is 16.2 Å². The number of amides is 4. The number of aromatic hydroxyl groups is 1. The van der Waals surface area contributed by atoms with Crippen molar-refractivity contribution in [3.05, 3.63) is 82.0 Å². The van der Waals surface area contributed by atoms with Gasteiger partial charge in [-0.25, -0.2) is 13.8 Å². The number of ether oxygens (including phenoxy) is 1. The average molecular weight is 1110 g/mol. The number of carbonyl (C=O) groups is 4.